The van der Waals surface area contributed by atoms with Crippen LogP contribution in [0.1, 0.15) is 35.3 Å². The molecule has 27 heavy (non-hydrogen) atoms. The Morgan fingerprint density at radius 3 is 2.74 bits per heavy atom. The summed E-state index contributed by atoms with van der Waals surface area (Å²) < 4.78 is 5.15. The molecular weight excluding hydrogens is 362 g/mol. The van der Waals surface area contributed by atoms with Gasteiger partial charge < -0.3 is 9.64 Å². The van der Waals surface area contributed by atoms with Crippen molar-refractivity contribution >= 4 is 17.7 Å². The molecule has 1 fully saturated rings. The highest BCUT2D eigenvalue weighted by molar-refractivity contribution is 6.30. The standard InChI is InChI=1S/C21H24ClN3O2/c1-2-27-21(26)25-12-10-24(11-13-25)20-18-8-7-17(22)14-16(18)6-5-15-4-3-9-23-19(15)20/h3-4,7-9,14,20H,2,5-6,10-13H2,1H3. The second kappa shape index (κ2) is 7.87. The fraction of sp³-hybridized carbons (Fsp3) is 0.429. The van der Waals surface area contributed by atoms with Crippen LogP contribution in [0.2, 0.25) is 5.02 Å². The zero-order valence-electron chi connectivity index (χ0n) is 15.5. The SMILES string of the molecule is CCOC(=O)N1CCN(C2c3ccc(Cl)cc3CCc3cccnc32)CC1. The van der Waals surface area contributed by atoms with Crippen molar-refractivity contribution in [2.75, 3.05) is 32.8 Å². The number of carbonyl (C=O) groups is 1. The molecule has 1 saturated heterocycles. The molecule has 1 aliphatic carbocycles. The molecule has 2 aromatic rings. The Labute approximate surface area is 164 Å². The number of hydrogen-bond acceptors (Lipinski definition) is 4. The number of aryl methyl sites for hydroxylation is 2. The Hall–Kier alpha value is -2.11. The highest BCUT2D eigenvalue weighted by atomic mass is 35.5. The van der Waals surface area contributed by atoms with Crippen LogP contribution < -0.4 is 0 Å². The molecule has 1 aliphatic heterocycles. The molecule has 0 N–H and O–H groups in total. The molecule has 1 atom stereocenters. The van der Waals surface area contributed by atoms with Crippen LogP contribution in [0.5, 0.6) is 0 Å². The Balaban J connectivity index is 1.65. The molecule has 2 aliphatic rings. The van der Waals surface area contributed by atoms with E-state index in [-0.39, 0.29) is 12.1 Å². The molecule has 0 radical (unpaired) electrons. The van der Waals surface area contributed by atoms with Gasteiger partial charge in [-0.1, -0.05) is 23.7 Å². The summed E-state index contributed by atoms with van der Waals surface area (Å²) in [6.07, 6.45) is 3.59. The number of carbonyl (C=O) groups excluding carboxylic acids is 1. The van der Waals surface area contributed by atoms with Gasteiger partial charge in [0.25, 0.3) is 0 Å². The molecule has 1 unspecified atom stereocenters. The largest absolute Gasteiger partial charge is 0.450 e. The van der Waals surface area contributed by atoms with Crippen molar-refractivity contribution in [3.8, 4) is 0 Å². The smallest absolute Gasteiger partial charge is 0.409 e. The lowest BCUT2D eigenvalue weighted by Gasteiger charge is -2.39. The van der Waals surface area contributed by atoms with Crippen LogP contribution in [-0.2, 0) is 17.6 Å². The molecule has 4 rings (SSSR count). The number of hydrogen-bond donors (Lipinski definition) is 0. The van der Waals surface area contributed by atoms with Crippen molar-refractivity contribution < 1.29 is 9.53 Å². The Bertz CT molecular complexity index is 834. The molecular formula is C21H24ClN3O2. The van der Waals surface area contributed by atoms with Gasteiger partial charge in [0.15, 0.2) is 0 Å². The first-order chi connectivity index (χ1) is 13.2. The Morgan fingerprint density at radius 1 is 1.19 bits per heavy atom. The summed E-state index contributed by atoms with van der Waals surface area (Å²) in [7, 11) is 0. The van der Waals surface area contributed by atoms with Gasteiger partial charge in [0, 0.05) is 37.4 Å². The quantitative estimate of drug-likeness (QED) is 0.790. The monoisotopic (exact) mass is 385 g/mol. The molecule has 142 valence electrons. The average Bonchev–Trinajstić information content (AvgIpc) is 2.85. The van der Waals surface area contributed by atoms with Crippen LogP contribution >= 0.6 is 11.6 Å². The van der Waals surface area contributed by atoms with Crippen LogP contribution in [0.15, 0.2) is 36.5 Å². The van der Waals surface area contributed by atoms with Crippen LogP contribution in [0.3, 0.4) is 0 Å². The zero-order chi connectivity index (χ0) is 18.8. The van der Waals surface area contributed by atoms with Crippen molar-refractivity contribution in [1.82, 2.24) is 14.8 Å². The first kappa shape index (κ1) is 18.3. The molecule has 0 saturated carbocycles. The molecule has 2 heterocycles. The zero-order valence-corrected chi connectivity index (χ0v) is 16.3. The molecule has 5 nitrogen and oxygen atoms in total. The molecule has 1 aromatic heterocycles. The number of benzene rings is 1. The van der Waals surface area contributed by atoms with Crippen LogP contribution in [0, 0.1) is 0 Å². The fourth-order valence-corrected chi connectivity index (χ4v) is 4.32. The first-order valence-corrected chi connectivity index (χ1v) is 9.93. The third kappa shape index (κ3) is 3.66. The van der Waals surface area contributed by atoms with E-state index in [2.05, 4.69) is 23.1 Å². The van der Waals surface area contributed by atoms with E-state index in [1.807, 2.05) is 25.3 Å². The molecule has 0 bridgehead atoms. The van der Waals surface area contributed by atoms with Gasteiger partial charge >= 0.3 is 6.09 Å². The summed E-state index contributed by atoms with van der Waals surface area (Å²) in [5, 5.41) is 0.776. The van der Waals surface area contributed by atoms with E-state index in [0.717, 1.165) is 36.6 Å². The van der Waals surface area contributed by atoms with E-state index < -0.39 is 0 Å². The first-order valence-electron chi connectivity index (χ1n) is 9.55. The fourth-order valence-electron chi connectivity index (χ4n) is 4.13. The summed E-state index contributed by atoms with van der Waals surface area (Å²) in [6, 6.07) is 10.5. The van der Waals surface area contributed by atoms with Gasteiger partial charge in [-0.05, 0) is 54.7 Å². The number of fused-ring (bicyclic) bond motifs is 2. The Morgan fingerprint density at radius 2 is 1.96 bits per heavy atom. The summed E-state index contributed by atoms with van der Waals surface area (Å²) in [6.45, 7) is 5.17. The second-order valence-corrected chi connectivity index (χ2v) is 7.45. The van der Waals surface area contributed by atoms with Crippen molar-refractivity contribution in [2.24, 2.45) is 0 Å². The van der Waals surface area contributed by atoms with Crippen molar-refractivity contribution in [2.45, 2.75) is 25.8 Å². The molecule has 0 spiro atoms. The highest BCUT2D eigenvalue weighted by Gasteiger charge is 2.33. The molecule has 6 heteroatoms. The minimum Gasteiger partial charge on any atom is -0.450 e. The van der Waals surface area contributed by atoms with Gasteiger partial charge in [0.05, 0.1) is 18.3 Å². The lowest BCUT2D eigenvalue weighted by Crippen LogP contribution is -2.50. The number of rotatable bonds is 2. The lowest BCUT2D eigenvalue weighted by atomic mass is 9.96. The predicted molar refractivity (Wildman–Crippen MR) is 105 cm³/mol. The summed E-state index contributed by atoms with van der Waals surface area (Å²) >= 11 is 6.27. The van der Waals surface area contributed by atoms with Gasteiger partial charge in [-0.15, -0.1) is 0 Å². The van der Waals surface area contributed by atoms with Gasteiger partial charge in [-0.2, -0.15) is 0 Å². The van der Waals surface area contributed by atoms with E-state index in [1.165, 1.54) is 16.7 Å². The lowest BCUT2D eigenvalue weighted by molar-refractivity contribution is 0.0709. The maximum Gasteiger partial charge on any atom is 0.409 e. The van der Waals surface area contributed by atoms with Gasteiger partial charge in [0.2, 0.25) is 0 Å². The van der Waals surface area contributed by atoms with Gasteiger partial charge in [-0.3, -0.25) is 9.88 Å². The number of piperazine rings is 1. The second-order valence-electron chi connectivity index (χ2n) is 7.02. The maximum atomic E-state index is 12.0. The highest BCUT2D eigenvalue weighted by Crippen LogP contribution is 2.37. The minimum atomic E-state index is -0.219. The number of ether oxygens (including phenoxy) is 1. The predicted octanol–water partition coefficient (Wildman–Crippen LogP) is 3.70. The number of halogens is 1. The summed E-state index contributed by atoms with van der Waals surface area (Å²) in [4.78, 5) is 21.0. The van der Waals surface area contributed by atoms with Gasteiger partial charge in [-0.25, -0.2) is 4.79 Å². The molecule has 1 aromatic carbocycles. The third-order valence-corrected chi connectivity index (χ3v) is 5.69. The van der Waals surface area contributed by atoms with Crippen molar-refractivity contribution in [3.05, 3.63) is 63.9 Å². The van der Waals surface area contributed by atoms with Gasteiger partial charge in [0.1, 0.15) is 0 Å². The van der Waals surface area contributed by atoms with Crippen molar-refractivity contribution in [3.63, 3.8) is 0 Å². The van der Waals surface area contributed by atoms with Crippen LogP contribution in [0.4, 0.5) is 4.79 Å². The van der Waals surface area contributed by atoms with Crippen LogP contribution in [-0.4, -0.2) is 53.7 Å². The van der Waals surface area contributed by atoms with E-state index >= 15 is 0 Å². The van der Waals surface area contributed by atoms with E-state index in [4.69, 9.17) is 21.3 Å². The van der Waals surface area contributed by atoms with Crippen LogP contribution in [0.25, 0.3) is 0 Å². The molecule has 1 amide bonds. The van der Waals surface area contributed by atoms with E-state index in [1.54, 1.807) is 4.90 Å². The number of amides is 1. The number of nitrogens with zero attached hydrogens (tertiary/aromatic N) is 3. The minimum absolute atomic E-state index is 0.0975. The van der Waals surface area contributed by atoms with Crippen molar-refractivity contribution in [1.29, 1.82) is 0 Å². The maximum absolute atomic E-state index is 12.0. The third-order valence-electron chi connectivity index (χ3n) is 5.45. The number of pyridine rings is 1. The van der Waals surface area contributed by atoms with E-state index in [0.29, 0.717) is 19.7 Å². The average molecular weight is 386 g/mol. The Kier molecular flexibility index (Phi) is 5.32. The summed E-state index contributed by atoms with van der Waals surface area (Å²) in [5.74, 6) is 0. The normalized spacial score (nSPS) is 19.8. The number of aromatic nitrogens is 1. The topological polar surface area (TPSA) is 45.7 Å². The summed E-state index contributed by atoms with van der Waals surface area (Å²) in [5.41, 5.74) is 4.99. The van der Waals surface area contributed by atoms with E-state index in [9.17, 15) is 4.79 Å².